The van der Waals surface area contributed by atoms with Crippen molar-refractivity contribution in [3.8, 4) is 5.75 Å². The quantitative estimate of drug-likeness (QED) is 0.764. The van der Waals surface area contributed by atoms with Crippen molar-refractivity contribution in [2.24, 2.45) is 5.73 Å². The summed E-state index contributed by atoms with van der Waals surface area (Å²) in [5, 5.41) is 2.89. The molecule has 2 atom stereocenters. The highest BCUT2D eigenvalue weighted by atomic mass is 35.5. The van der Waals surface area contributed by atoms with Crippen LogP contribution in [0.15, 0.2) is 18.2 Å². The van der Waals surface area contributed by atoms with Gasteiger partial charge in [-0.25, -0.2) is 0 Å². The molecule has 0 heterocycles. The lowest BCUT2D eigenvalue weighted by molar-refractivity contribution is -0.124. The Labute approximate surface area is 139 Å². The Kier molecular flexibility index (Phi) is 9.81. The molecule has 1 amide bonds. The fourth-order valence-electron chi connectivity index (χ4n) is 2.08. The highest BCUT2D eigenvalue weighted by Crippen LogP contribution is 2.22. The highest BCUT2D eigenvalue weighted by molar-refractivity contribution is 5.85. The van der Waals surface area contributed by atoms with Crippen molar-refractivity contribution in [2.75, 3.05) is 20.3 Å². The number of nitrogens with one attached hydrogen (secondary N) is 1. The summed E-state index contributed by atoms with van der Waals surface area (Å²) in [4.78, 5) is 11.8. The van der Waals surface area contributed by atoms with Crippen LogP contribution in [0.5, 0.6) is 5.75 Å². The van der Waals surface area contributed by atoms with Crippen molar-refractivity contribution < 1.29 is 14.3 Å². The van der Waals surface area contributed by atoms with E-state index in [9.17, 15) is 4.79 Å². The van der Waals surface area contributed by atoms with E-state index in [0.29, 0.717) is 13.2 Å². The van der Waals surface area contributed by atoms with Crippen molar-refractivity contribution in [1.82, 2.24) is 5.32 Å². The van der Waals surface area contributed by atoms with Crippen LogP contribution in [-0.2, 0) is 9.53 Å². The average molecular weight is 331 g/mol. The van der Waals surface area contributed by atoms with Crippen LogP contribution >= 0.6 is 12.4 Å². The number of methoxy groups -OCH3 is 1. The monoisotopic (exact) mass is 330 g/mol. The summed E-state index contributed by atoms with van der Waals surface area (Å²) < 4.78 is 10.9. The summed E-state index contributed by atoms with van der Waals surface area (Å²) >= 11 is 0. The maximum absolute atomic E-state index is 11.8. The van der Waals surface area contributed by atoms with Gasteiger partial charge in [0.2, 0.25) is 5.91 Å². The second-order valence-corrected chi connectivity index (χ2v) is 5.30. The van der Waals surface area contributed by atoms with Gasteiger partial charge in [-0.05, 0) is 31.9 Å². The lowest BCUT2D eigenvalue weighted by atomic mass is 10.1. The van der Waals surface area contributed by atoms with Gasteiger partial charge in [0.25, 0.3) is 0 Å². The molecular formula is C16H27ClN2O3. The number of carbonyl (C=O) groups excluding carboxylic acids is 1. The lowest BCUT2D eigenvalue weighted by Gasteiger charge is -2.19. The third-order valence-corrected chi connectivity index (χ3v) is 3.30. The molecule has 3 N–H and O–H groups in total. The summed E-state index contributed by atoms with van der Waals surface area (Å²) in [5.74, 6) is 0.806. The van der Waals surface area contributed by atoms with Crippen molar-refractivity contribution in [3.63, 3.8) is 0 Å². The summed E-state index contributed by atoms with van der Waals surface area (Å²) in [5.41, 5.74) is 7.69. The smallest absolute Gasteiger partial charge is 0.222 e. The molecule has 5 nitrogen and oxygen atoms in total. The zero-order valence-corrected chi connectivity index (χ0v) is 14.5. The highest BCUT2D eigenvalue weighted by Gasteiger charge is 2.14. The second-order valence-electron chi connectivity index (χ2n) is 5.30. The SMILES string of the molecule is COC(CN)CC(=O)NC(C)COc1c(C)cccc1C.Cl. The fourth-order valence-corrected chi connectivity index (χ4v) is 2.08. The Morgan fingerprint density at radius 3 is 2.41 bits per heavy atom. The van der Waals surface area contributed by atoms with Gasteiger partial charge in [-0.3, -0.25) is 4.79 Å². The van der Waals surface area contributed by atoms with E-state index in [1.54, 1.807) is 7.11 Å². The number of nitrogens with two attached hydrogens (primary N) is 1. The topological polar surface area (TPSA) is 73.6 Å². The molecule has 0 aromatic heterocycles. The molecule has 1 aromatic carbocycles. The van der Waals surface area contributed by atoms with Crippen molar-refractivity contribution >= 4 is 18.3 Å². The van der Waals surface area contributed by atoms with E-state index in [-0.39, 0.29) is 36.9 Å². The largest absolute Gasteiger partial charge is 0.491 e. The van der Waals surface area contributed by atoms with Gasteiger partial charge in [-0.2, -0.15) is 0 Å². The van der Waals surface area contributed by atoms with Gasteiger partial charge in [0.05, 0.1) is 18.6 Å². The van der Waals surface area contributed by atoms with Gasteiger partial charge < -0.3 is 20.5 Å². The van der Waals surface area contributed by atoms with E-state index < -0.39 is 0 Å². The van der Waals surface area contributed by atoms with Gasteiger partial charge in [0, 0.05) is 13.7 Å². The zero-order chi connectivity index (χ0) is 15.8. The molecule has 0 spiro atoms. The number of benzene rings is 1. The Morgan fingerprint density at radius 1 is 1.32 bits per heavy atom. The van der Waals surface area contributed by atoms with Crippen molar-refractivity contribution in [1.29, 1.82) is 0 Å². The molecule has 0 saturated heterocycles. The Bertz CT molecular complexity index is 444. The van der Waals surface area contributed by atoms with Gasteiger partial charge in [-0.15, -0.1) is 12.4 Å². The molecular weight excluding hydrogens is 304 g/mol. The molecule has 0 aliphatic carbocycles. The Hall–Kier alpha value is -1.30. The predicted octanol–water partition coefficient (Wildman–Crippen LogP) is 1.97. The summed E-state index contributed by atoms with van der Waals surface area (Å²) in [6.07, 6.45) is 0.0255. The first kappa shape index (κ1) is 20.7. The number of halogens is 1. The van der Waals surface area contributed by atoms with Crippen LogP contribution in [0, 0.1) is 13.8 Å². The summed E-state index contributed by atoms with van der Waals surface area (Å²) in [6.45, 7) is 6.69. The molecule has 126 valence electrons. The number of ether oxygens (including phenoxy) is 2. The Balaban J connectivity index is 0.00000441. The first-order chi connectivity index (χ1) is 9.97. The van der Waals surface area contributed by atoms with Crippen LogP contribution in [-0.4, -0.2) is 38.3 Å². The molecule has 1 aromatic rings. The summed E-state index contributed by atoms with van der Waals surface area (Å²) in [6, 6.07) is 5.94. The number of amides is 1. The van der Waals surface area contributed by atoms with Crippen LogP contribution < -0.4 is 15.8 Å². The van der Waals surface area contributed by atoms with Crippen LogP contribution in [0.25, 0.3) is 0 Å². The van der Waals surface area contributed by atoms with Crippen LogP contribution in [0.1, 0.15) is 24.5 Å². The molecule has 0 aliphatic rings. The van der Waals surface area contributed by atoms with Gasteiger partial charge in [0.15, 0.2) is 0 Å². The number of hydrogen-bond acceptors (Lipinski definition) is 4. The molecule has 0 bridgehead atoms. The minimum absolute atomic E-state index is 0. The lowest BCUT2D eigenvalue weighted by Crippen LogP contribution is -2.39. The van der Waals surface area contributed by atoms with Gasteiger partial charge >= 0.3 is 0 Å². The normalized spacial score (nSPS) is 13.0. The standard InChI is InChI=1S/C16H26N2O3.ClH/c1-11-6-5-7-12(2)16(11)21-10-13(3)18-15(19)8-14(9-17)20-4;/h5-7,13-14H,8-10,17H2,1-4H3,(H,18,19);1H. The summed E-state index contributed by atoms with van der Waals surface area (Å²) in [7, 11) is 1.55. The molecule has 0 saturated carbocycles. The number of rotatable bonds is 8. The average Bonchev–Trinajstić information content (AvgIpc) is 2.44. The zero-order valence-electron chi connectivity index (χ0n) is 13.7. The van der Waals surface area contributed by atoms with Crippen LogP contribution in [0.2, 0.25) is 0 Å². The first-order valence-corrected chi connectivity index (χ1v) is 7.19. The van der Waals surface area contributed by atoms with E-state index in [2.05, 4.69) is 5.32 Å². The fraction of sp³-hybridized carbons (Fsp3) is 0.562. The molecule has 0 aliphatic heterocycles. The maximum Gasteiger partial charge on any atom is 0.222 e. The molecule has 22 heavy (non-hydrogen) atoms. The number of hydrogen-bond donors (Lipinski definition) is 2. The minimum Gasteiger partial charge on any atom is -0.491 e. The van der Waals surface area contributed by atoms with Gasteiger partial charge in [-0.1, -0.05) is 18.2 Å². The molecule has 6 heteroatoms. The Morgan fingerprint density at radius 2 is 1.91 bits per heavy atom. The minimum atomic E-state index is -0.239. The third-order valence-electron chi connectivity index (χ3n) is 3.30. The second kappa shape index (κ2) is 10.4. The first-order valence-electron chi connectivity index (χ1n) is 7.19. The number of carbonyl (C=O) groups is 1. The predicted molar refractivity (Wildman–Crippen MR) is 90.7 cm³/mol. The van der Waals surface area contributed by atoms with Crippen molar-refractivity contribution in [2.45, 2.75) is 39.3 Å². The number of aryl methyl sites for hydroxylation is 2. The number of para-hydroxylation sites is 1. The molecule has 0 radical (unpaired) electrons. The van der Waals surface area contributed by atoms with Gasteiger partial charge in [0.1, 0.15) is 12.4 Å². The van der Waals surface area contributed by atoms with Crippen molar-refractivity contribution in [3.05, 3.63) is 29.3 Å². The third kappa shape index (κ3) is 6.64. The van der Waals surface area contributed by atoms with E-state index in [4.69, 9.17) is 15.2 Å². The molecule has 2 unspecified atom stereocenters. The van der Waals surface area contributed by atoms with E-state index >= 15 is 0 Å². The molecule has 1 rings (SSSR count). The molecule has 0 fully saturated rings. The van der Waals surface area contributed by atoms with E-state index in [1.807, 2.05) is 39.0 Å². The van der Waals surface area contributed by atoms with E-state index in [0.717, 1.165) is 16.9 Å². The van der Waals surface area contributed by atoms with Crippen LogP contribution in [0.4, 0.5) is 0 Å². The maximum atomic E-state index is 11.8. The van der Waals surface area contributed by atoms with Crippen LogP contribution in [0.3, 0.4) is 0 Å². The van der Waals surface area contributed by atoms with E-state index in [1.165, 1.54) is 0 Å².